The molecule has 0 aliphatic heterocycles. The van der Waals surface area contributed by atoms with E-state index in [1.807, 2.05) is 36.4 Å². The van der Waals surface area contributed by atoms with Crippen LogP contribution in [0.5, 0.6) is 5.75 Å². The minimum absolute atomic E-state index is 0.220. The lowest BCUT2D eigenvalue weighted by molar-refractivity contribution is 0.397. The van der Waals surface area contributed by atoms with Gasteiger partial charge in [0.25, 0.3) is 5.56 Å². The summed E-state index contributed by atoms with van der Waals surface area (Å²) in [5, 5.41) is 6.26. The van der Waals surface area contributed by atoms with Crippen molar-refractivity contribution in [1.82, 2.24) is 10.2 Å². The number of rotatable bonds is 6. The Bertz CT molecular complexity index is 1300. The van der Waals surface area contributed by atoms with E-state index in [0.717, 1.165) is 34.3 Å². The zero-order valence-corrected chi connectivity index (χ0v) is 19.6. The van der Waals surface area contributed by atoms with E-state index in [1.54, 1.807) is 31.5 Å². The number of benzene rings is 2. The van der Waals surface area contributed by atoms with Gasteiger partial charge in [-0.05, 0) is 46.9 Å². The molecule has 3 rings (SSSR count). The quantitative estimate of drug-likeness (QED) is 0.543. The van der Waals surface area contributed by atoms with E-state index in [-0.39, 0.29) is 11.0 Å². The van der Waals surface area contributed by atoms with Crippen LogP contribution in [0.2, 0.25) is 0 Å². The van der Waals surface area contributed by atoms with Crippen molar-refractivity contribution in [2.24, 2.45) is 0 Å². The third kappa shape index (κ3) is 5.64. The van der Waals surface area contributed by atoms with Crippen LogP contribution in [-0.4, -0.2) is 32.0 Å². The first-order valence-electron chi connectivity index (χ1n) is 10.0. The molecule has 2 aromatic carbocycles. The van der Waals surface area contributed by atoms with E-state index in [9.17, 15) is 13.2 Å². The summed E-state index contributed by atoms with van der Waals surface area (Å²) in [5.74, 6) is 0.735. The number of ether oxygens (including phenoxy) is 1. The second kappa shape index (κ2) is 9.00. The van der Waals surface area contributed by atoms with E-state index in [4.69, 9.17) is 4.74 Å². The van der Waals surface area contributed by atoms with Crippen LogP contribution in [0.25, 0.3) is 23.3 Å². The van der Waals surface area contributed by atoms with Crippen molar-refractivity contribution in [2.75, 3.05) is 18.1 Å². The number of H-pyrrole nitrogens is 1. The van der Waals surface area contributed by atoms with E-state index >= 15 is 0 Å². The molecule has 3 aromatic rings. The molecule has 1 heterocycles. The standard InChI is InChI=1S/C24H27N3O4S/c1-24(2,3)21-15-18(20-12-13-25-26-23(20)28)14-17(22(21)31-4)9-6-16-7-10-19(11-8-16)27-32(5,29)30/h6-15,27H,1-5H3,(H,26,28). The average molecular weight is 454 g/mol. The van der Waals surface area contributed by atoms with Gasteiger partial charge in [-0.15, -0.1) is 0 Å². The van der Waals surface area contributed by atoms with Gasteiger partial charge in [0.1, 0.15) is 5.75 Å². The lowest BCUT2D eigenvalue weighted by Gasteiger charge is -2.24. The predicted octanol–water partition coefficient (Wildman–Crippen LogP) is 4.28. The molecule has 0 saturated heterocycles. The van der Waals surface area contributed by atoms with Gasteiger partial charge in [-0.2, -0.15) is 5.10 Å². The van der Waals surface area contributed by atoms with Crippen molar-refractivity contribution in [2.45, 2.75) is 26.2 Å². The summed E-state index contributed by atoms with van der Waals surface area (Å²) in [6.07, 6.45) is 6.50. The third-order valence-electron chi connectivity index (χ3n) is 4.84. The Morgan fingerprint density at radius 3 is 2.31 bits per heavy atom. The third-order valence-corrected chi connectivity index (χ3v) is 5.44. The molecule has 8 heteroatoms. The average Bonchev–Trinajstić information content (AvgIpc) is 2.71. The molecular weight excluding hydrogens is 426 g/mol. The highest BCUT2D eigenvalue weighted by atomic mass is 32.2. The second-order valence-corrected chi connectivity index (χ2v) is 10.3. The van der Waals surface area contributed by atoms with Crippen molar-refractivity contribution in [3.63, 3.8) is 0 Å². The van der Waals surface area contributed by atoms with Gasteiger partial charge in [0.2, 0.25) is 10.0 Å². The number of aromatic amines is 1. The van der Waals surface area contributed by atoms with Crippen LogP contribution >= 0.6 is 0 Å². The van der Waals surface area contributed by atoms with E-state index in [1.165, 1.54) is 0 Å². The predicted molar refractivity (Wildman–Crippen MR) is 129 cm³/mol. The molecule has 0 radical (unpaired) electrons. The maximum absolute atomic E-state index is 12.3. The highest BCUT2D eigenvalue weighted by molar-refractivity contribution is 7.92. The van der Waals surface area contributed by atoms with Gasteiger partial charge in [-0.25, -0.2) is 13.5 Å². The Kier molecular flexibility index (Phi) is 6.55. The van der Waals surface area contributed by atoms with E-state index in [0.29, 0.717) is 11.3 Å². The fourth-order valence-corrected chi connectivity index (χ4v) is 3.91. The van der Waals surface area contributed by atoms with Gasteiger partial charge in [0.15, 0.2) is 0 Å². The number of nitrogens with zero attached hydrogens (tertiary/aromatic N) is 1. The molecule has 0 saturated carbocycles. The number of sulfonamides is 1. The number of hydrogen-bond donors (Lipinski definition) is 2. The summed E-state index contributed by atoms with van der Waals surface area (Å²) in [6.45, 7) is 6.27. The molecule has 0 amide bonds. The lowest BCUT2D eigenvalue weighted by atomic mass is 9.83. The summed E-state index contributed by atoms with van der Waals surface area (Å²) >= 11 is 0. The van der Waals surface area contributed by atoms with Crippen LogP contribution in [0.4, 0.5) is 5.69 Å². The van der Waals surface area contributed by atoms with Crippen molar-refractivity contribution >= 4 is 27.9 Å². The lowest BCUT2D eigenvalue weighted by Crippen LogP contribution is -2.15. The van der Waals surface area contributed by atoms with Gasteiger partial charge < -0.3 is 4.74 Å². The highest BCUT2D eigenvalue weighted by Gasteiger charge is 2.22. The number of hydrogen-bond acceptors (Lipinski definition) is 5. The molecule has 2 N–H and O–H groups in total. The van der Waals surface area contributed by atoms with Crippen LogP contribution in [0.3, 0.4) is 0 Å². The molecule has 0 aliphatic carbocycles. The molecule has 168 valence electrons. The van der Waals surface area contributed by atoms with Gasteiger partial charge in [0, 0.05) is 23.0 Å². The van der Waals surface area contributed by atoms with Gasteiger partial charge in [-0.1, -0.05) is 45.1 Å². The molecule has 0 spiro atoms. The first kappa shape index (κ1) is 23.3. The highest BCUT2D eigenvalue weighted by Crippen LogP contribution is 2.38. The van der Waals surface area contributed by atoms with Gasteiger partial charge in [-0.3, -0.25) is 9.52 Å². The van der Waals surface area contributed by atoms with E-state index < -0.39 is 10.0 Å². The van der Waals surface area contributed by atoms with E-state index in [2.05, 4.69) is 35.7 Å². The molecule has 32 heavy (non-hydrogen) atoms. The maximum Gasteiger partial charge on any atom is 0.272 e. The van der Waals surface area contributed by atoms with Crippen molar-refractivity contribution in [3.8, 4) is 16.9 Å². The number of methoxy groups -OCH3 is 1. The van der Waals surface area contributed by atoms with Crippen molar-refractivity contribution in [3.05, 3.63) is 75.7 Å². The van der Waals surface area contributed by atoms with Crippen molar-refractivity contribution in [1.29, 1.82) is 0 Å². The second-order valence-electron chi connectivity index (χ2n) is 8.53. The molecule has 7 nitrogen and oxygen atoms in total. The topological polar surface area (TPSA) is 101 Å². The molecule has 0 unspecified atom stereocenters. The Hall–Kier alpha value is -3.39. The Balaban J connectivity index is 2.07. The molecule has 0 fully saturated rings. The largest absolute Gasteiger partial charge is 0.496 e. The van der Waals surface area contributed by atoms with Gasteiger partial charge >= 0.3 is 0 Å². The Morgan fingerprint density at radius 2 is 1.75 bits per heavy atom. The molecule has 0 aliphatic rings. The fraction of sp³-hybridized carbons (Fsp3) is 0.250. The minimum Gasteiger partial charge on any atom is -0.496 e. The van der Waals surface area contributed by atoms with Crippen LogP contribution < -0.4 is 15.0 Å². The van der Waals surface area contributed by atoms with Crippen LogP contribution in [-0.2, 0) is 15.4 Å². The monoisotopic (exact) mass is 453 g/mol. The summed E-state index contributed by atoms with van der Waals surface area (Å²) in [6, 6.07) is 12.6. The summed E-state index contributed by atoms with van der Waals surface area (Å²) < 4.78 is 31.0. The molecular formula is C24H27N3O4S. The first-order chi connectivity index (χ1) is 15.0. The zero-order valence-electron chi connectivity index (χ0n) is 18.8. The molecule has 0 atom stereocenters. The SMILES string of the molecule is COc1c(C=Cc2ccc(NS(C)(=O)=O)cc2)cc(-c2ccn[nH]c2=O)cc1C(C)(C)C. The van der Waals surface area contributed by atoms with Crippen LogP contribution in [0.1, 0.15) is 37.5 Å². The maximum atomic E-state index is 12.3. The number of anilines is 1. The molecule has 1 aromatic heterocycles. The smallest absolute Gasteiger partial charge is 0.272 e. The Morgan fingerprint density at radius 1 is 1.06 bits per heavy atom. The van der Waals surface area contributed by atoms with Crippen molar-refractivity contribution < 1.29 is 13.2 Å². The number of nitrogens with one attached hydrogen (secondary N) is 2. The Labute approximate surface area is 188 Å². The van der Waals surface area contributed by atoms with Crippen LogP contribution in [0.15, 0.2) is 53.5 Å². The summed E-state index contributed by atoms with van der Waals surface area (Å²) in [5.41, 5.74) is 3.99. The fourth-order valence-electron chi connectivity index (χ4n) is 3.35. The minimum atomic E-state index is -3.32. The molecule has 0 bridgehead atoms. The normalized spacial score (nSPS) is 12.2. The number of aromatic nitrogens is 2. The summed E-state index contributed by atoms with van der Waals surface area (Å²) in [4.78, 5) is 12.3. The van der Waals surface area contributed by atoms with Gasteiger partial charge in [0.05, 0.1) is 18.9 Å². The van der Waals surface area contributed by atoms with Crippen LogP contribution in [0, 0.1) is 0 Å². The summed E-state index contributed by atoms with van der Waals surface area (Å²) in [7, 11) is -1.69. The first-order valence-corrected chi connectivity index (χ1v) is 11.9. The zero-order chi connectivity index (χ0) is 23.5.